The van der Waals surface area contributed by atoms with E-state index in [0.29, 0.717) is 0 Å². The molecule has 1 aliphatic rings. The van der Waals surface area contributed by atoms with Gasteiger partial charge in [0.05, 0.1) is 0 Å². The van der Waals surface area contributed by atoms with E-state index in [1.807, 2.05) is 43.3 Å². The topological polar surface area (TPSA) is 38.3 Å². The Morgan fingerprint density at radius 2 is 1.87 bits per heavy atom. The van der Waals surface area contributed by atoms with Gasteiger partial charge in [-0.25, -0.2) is 0 Å². The molecule has 23 heavy (non-hydrogen) atoms. The number of hydrogen-bond donors (Lipinski definition) is 1. The lowest BCUT2D eigenvalue weighted by molar-refractivity contribution is -0.122. The molecule has 2 aromatic rings. The van der Waals surface area contributed by atoms with Gasteiger partial charge in [0.15, 0.2) is 6.10 Å². The summed E-state index contributed by atoms with van der Waals surface area (Å²) >= 11 is 0. The predicted octanol–water partition coefficient (Wildman–Crippen LogP) is 4.28. The minimum atomic E-state index is -0.532. The zero-order valence-corrected chi connectivity index (χ0v) is 13.8. The standard InChI is InChI=1S/C20H23NO2/c1-14-8-3-6-13-19(14)23-15(2)20(22)21-18-12-7-10-16-9-4-5-11-17(16)18/h3,6-8,10,12-13,15H,4-5,9,11H2,1-2H3,(H,21,22). The lowest BCUT2D eigenvalue weighted by Crippen LogP contribution is -2.31. The van der Waals surface area contributed by atoms with E-state index in [0.717, 1.165) is 29.8 Å². The van der Waals surface area contributed by atoms with E-state index in [9.17, 15) is 4.79 Å². The number of anilines is 1. The minimum absolute atomic E-state index is 0.104. The third-order valence-electron chi connectivity index (χ3n) is 4.42. The molecule has 0 radical (unpaired) electrons. The maximum atomic E-state index is 12.5. The molecule has 1 amide bonds. The van der Waals surface area contributed by atoms with Crippen molar-refractivity contribution >= 4 is 11.6 Å². The van der Waals surface area contributed by atoms with Crippen molar-refractivity contribution in [2.24, 2.45) is 0 Å². The highest BCUT2D eigenvalue weighted by Crippen LogP contribution is 2.28. The summed E-state index contributed by atoms with van der Waals surface area (Å²) in [5.74, 6) is 0.650. The molecule has 1 aliphatic carbocycles. The van der Waals surface area contributed by atoms with Crippen molar-refractivity contribution in [3.05, 3.63) is 59.2 Å². The van der Waals surface area contributed by atoms with Crippen LogP contribution in [0.5, 0.6) is 5.75 Å². The molecule has 1 unspecified atom stereocenters. The first kappa shape index (κ1) is 15.6. The van der Waals surface area contributed by atoms with E-state index >= 15 is 0 Å². The molecule has 0 aromatic heterocycles. The van der Waals surface area contributed by atoms with Crippen LogP contribution in [0, 0.1) is 6.92 Å². The van der Waals surface area contributed by atoms with E-state index in [-0.39, 0.29) is 5.91 Å². The van der Waals surface area contributed by atoms with Crippen LogP contribution in [0.4, 0.5) is 5.69 Å². The van der Waals surface area contributed by atoms with Crippen LogP contribution in [-0.4, -0.2) is 12.0 Å². The summed E-state index contributed by atoms with van der Waals surface area (Å²) in [5.41, 5.74) is 4.62. The highest BCUT2D eigenvalue weighted by Gasteiger charge is 2.19. The van der Waals surface area contributed by atoms with E-state index in [2.05, 4.69) is 11.4 Å². The predicted molar refractivity (Wildman–Crippen MR) is 93.0 cm³/mol. The van der Waals surface area contributed by atoms with E-state index in [1.54, 1.807) is 6.92 Å². The summed E-state index contributed by atoms with van der Waals surface area (Å²) in [6.07, 6.45) is 4.04. The highest BCUT2D eigenvalue weighted by atomic mass is 16.5. The van der Waals surface area contributed by atoms with Gasteiger partial charge in [0.2, 0.25) is 0 Å². The molecule has 1 atom stereocenters. The molecule has 3 nitrogen and oxygen atoms in total. The Kier molecular flexibility index (Phi) is 4.65. The maximum absolute atomic E-state index is 12.5. The number of ether oxygens (including phenoxy) is 1. The number of carbonyl (C=O) groups excluding carboxylic acids is 1. The Labute approximate surface area is 137 Å². The van der Waals surface area contributed by atoms with Crippen molar-refractivity contribution in [3.8, 4) is 5.75 Å². The van der Waals surface area contributed by atoms with Gasteiger partial charge in [-0.3, -0.25) is 4.79 Å². The Morgan fingerprint density at radius 3 is 2.70 bits per heavy atom. The molecule has 0 saturated heterocycles. The lowest BCUT2D eigenvalue weighted by Gasteiger charge is -2.21. The zero-order valence-electron chi connectivity index (χ0n) is 13.8. The second-order valence-electron chi connectivity index (χ2n) is 6.17. The van der Waals surface area contributed by atoms with Crippen molar-refractivity contribution in [2.75, 3.05) is 5.32 Å². The molecule has 0 fully saturated rings. The van der Waals surface area contributed by atoms with Crippen molar-refractivity contribution in [1.29, 1.82) is 0 Å². The van der Waals surface area contributed by atoms with Gasteiger partial charge in [0.25, 0.3) is 5.91 Å². The van der Waals surface area contributed by atoms with E-state index in [4.69, 9.17) is 4.74 Å². The molecule has 3 heteroatoms. The maximum Gasteiger partial charge on any atom is 0.265 e. The van der Waals surface area contributed by atoms with Crippen LogP contribution < -0.4 is 10.1 Å². The molecule has 120 valence electrons. The fourth-order valence-electron chi connectivity index (χ4n) is 3.07. The van der Waals surface area contributed by atoms with Gasteiger partial charge < -0.3 is 10.1 Å². The number of hydrogen-bond acceptors (Lipinski definition) is 2. The Bertz CT molecular complexity index is 709. The highest BCUT2D eigenvalue weighted by molar-refractivity contribution is 5.95. The third kappa shape index (κ3) is 3.55. The summed E-state index contributed by atoms with van der Waals surface area (Å²) in [6, 6.07) is 13.9. The monoisotopic (exact) mass is 309 g/mol. The second-order valence-corrected chi connectivity index (χ2v) is 6.17. The number of amides is 1. The first-order valence-electron chi connectivity index (χ1n) is 8.29. The summed E-state index contributed by atoms with van der Waals surface area (Å²) < 4.78 is 5.81. The largest absolute Gasteiger partial charge is 0.481 e. The van der Waals surface area contributed by atoms with Crippen molar-refractivity contribution in [3.63, 3.8) is 0 Å². The van der Waals surface area contributed by atoms with Gasteiger partial charge in [0.1, 0.15) is 5.75 Å². The van der Waals surface area contributed by atoms with Crippen LogP contribution in [0.2, 0.25) is 0 Å². The van der Waals surface area contributed by atoms with Crippen LogP contribution in [0.3, 0.4) is 0 Å². The molecular weight excluding hydrogens is 286 g/mol. The van der Waals surface area contributed by atoms with E-state index in [1.165, 1.54) is 24.0 Å². The van der Waals surface area contributed by atoms with Gasteiger partial charge in [-0.05, 0) is 68.4 Å². The normalized spacial score (nSPS) is 14.7. The molecule has 1 N–H and O–H groups in total. The summed E-state index contributed by atoms with van der Waals surface area (Å²) in [4.78, 5) is 12.5. The molecule has 0 saturated carbocycles. The number of para-hydroxylation sites is 1. The summed E-state index contributed by atoms with van der Waals surface area (Å²) in [6.45, 7) is 3.77. The van der Waals surface area contributed by atoms with Crippen LogP contribution in [0.15, 0.2) is 42.5 Å². The van der Waals surface area contributed by atoms with E-state index < -0.39 is 6.10 Å². The Hall–Kier alpha value is -2.29. The average Bonchev–Trinajstić information content (AvgIpc) is 2.57. The molecular formula is C20H23NO2. The quantitative estimate of drug-likeness (QED) is 0.915. The number of fused-ring (bicyclic) bond motifs is 1. The number of rotatable bonds is 4. The van der Waals surface area contributed by atoms with Crippen LogP contribution >= 0.6 is 0 Å². The second kappa shape index (κ2) is 6.86. The van der Waals surface area contributed by atoms with Crippen LogP contribution in [-0.2, 0) is 17.6 Å². The summed E-state index contributed by atoms with van der Waals surface area (Å²) in [7, 11) is 0. The average molecular weight is 309 g/mol. The van der Waals surface area contributed by atoms with Gasteiger partial charge in [-0.15, -0.1) is 0 Å². The smallest absolute Gasteiger partial charge is 0.265 e. The molecule has 0 aliphatic heterocycles. The Morgan fingerprint density at radius 1 is 1.09 bits per heavy atom. The molecule has 3 rings (SSSR count). The van der Waals surface area contributed by atoms with Crippen molar-refractivity contribution < 1.29 is 9.53 Å². The van der Waals surface area contributed by atoms with Gasteiger partial charge in [0, 0.05) is 5.69 Å². The third-order valence-corrected chi connectivity index (χ3v) is 4.42. The number of aryl methyl sites for hydroxylation is 2. The zero-order chi connectivity index (χ0) is 16.2. The van der Waals surface area contributed by atoms with Crippen LogP contribution in [0.25, 0.3) is 0 Å². The van der Waals surface area contributed by atoms with Crippen LogP contribution in [0.1, 0.15) is 36.5 Å². The fraction of sp³-hybridized carbons (Fsp3) is 0.350. The SMILES string of the molecule is Cc1ccccc1OC(C)C(=O)Nc1cccc2c1CCCC2. The lowest BCUT2D eigenvalue weighted by atomic mass is 9.90. The van der Waals surface area contributed by atoms with Crippen molar-refractivity contribution in [2.45, 2.75) is 45.6 Å². The molecule has 0 heterocycles. The fourth-order valence-corrected chi connectivity index (χ4v) is 3.07. The first-order chi connectivity index (χ1) is 11.1. The molecule has 2 aromatic carbocycles. The summed E-state index contributed by atoms with van der Waals surface area (Å²) in [5, 5.41) is 3.05. The molecule has 0 bridgehead atoms. The minimum Gasteiger partial charge on any atom is -0.481 e. The van der Waals surface area contributed by atoms with Gasteiger partial charge >= 0.3 is 0 Å². The number of carbonyl (C=O) groups is 1. The Balaban J connectivity index is 1.71. The van der Waals surface area contributed by atoms with Gasteiger partial charge in [-0.2, -0.15) is 0 Å². The number of nitrogens with one attached hydrogen (secondary N) is 1. The number of benzene rings is 2. The molecule has 0 spiro atoms. The van der Waals surface area contributed by atoms with Gasteiger partial charge in [-0.1, -0.05) is 30.3 Å². The first-order valence-corrected chi connectivity index (χ1v) is 8.29. The van der Waals surface area contributed by atoms with Crippen molar-refractivity contribution in [1.82, 2.24) is 0 Å².